The Morgan fingerprint density at radius 1 is 1.13 bits per heavy atom. The largest absolute Gasteiger partial charge is 0.369 e. The number of primary amides is 1. The Labute approximate surface area is 135 Å². The highest BCUT2D eigenvalue weighted by atomic mass is 32.2. The van der Waals surface area contributed by atoms with E-state index in [-0.39, 0.29) is 11.6 Å². The number of nitrogens with two attached hydrogens (primary N) is 1. The van der Waals surface area contributed by atoms with E-state index in [4.69, 9.17) is 5.73 Å². The molecular weight excluding hydrogens is 317 g/mol. The normalized spacial score (nSPS) is 10.7. The van der Waals surface area contributed by atoms with Gasteiger partial charge < -0.3 is 5.73 Å². The molecule has 3 aromatic rings. The third kappa shape index (κ3) is 3.37. The van der Waals surface area contributed by atoms with Crippen LogP contribution in [0.5, 0.6) is 0 Å². The molecule has 0 unspecified atom stereocenters. The Morgan fingerprint density at radius 3 is 2.48 bits per heavy atom. The molecule has 6 nitrogen and oxygen atoms in total. The number of nitrogens with zero attached hydrogens (tertiary/aromatic N) is 4. The van der Waals surface area contributed by atoms with Crippen LogP contribution in [-0.2, 0) is 4.79 Å². The highest BCUT2D eigenvalue weighted by Gasteiger charge is 2.16. The summed E-state index contributed by atoms with van der Waals surface area (Å²) < 4.78 is 14.9. The highest BCUT2D eigenvalue weighted by molar-refractivity contribution is 7.99. The van der Waals surface area contributed by atoms with Crippen molar-refractivity contribution in [2.75, 3.05) is 5.75 Å². The first-order valence-corrected chi connectivity index (χ1v) is 7.66. The van der Waals surface area contributed by atoms with Crippen molar-refractivity contribution >= 4 is 17.7 Å². The van der Waals surface area contributed by atoms with E-state index in [2.05, 4.69) is 15.2 Å². The second-order valence-electron chi connectivity index (χ2n) is 4.61. The van der Waals surface area contributed by atoms with Gasteiger partial charge in [-0.1, -0.05) is 11.8 Å². The molecular formula is C15H12FN5OS. The van der Waals surface area contributed by atoms with Crippen LogP contribution in [0.25, 0.3) is 17.1 Å². The van der Waals surface area contributed by atoms with Gasteiger partial charge in [-0.25, -0.2) is 4.39 Å². The zero-order valence-corrected chi connectivity index (χ0v) is 12.7. The number of thioether (sulfide) groups is 1. The molecule has 0 aliphatic heterocycles. The summed E-state index contributed by atoms with van der Waals surface area (Å²) in [4.78, 5) is 15.0. The number of halogens is 1. The van der Waals surface area contributed by atoms with Crippen LogP contribution in [-0.4, -0.2) is 31.4 Å². The van der Waals surface area contributed by atoms with Crippen molar-refractivity contribution in [3.05, 3.63) is 54.6 Å². The van der Waals surface area contributed by atoms with Gasteiger partial charge >= 0.3 is 0 Å². The number of rotatable bonds is 5. The molecule has 2 N–H and O–H groups in total. The summed E-state index contributed by atoms with van der Waals surface area (Å²) in [5.74, 6) is -0.130. The summed E-state index contributed by atoms with van der Waals surface area (Å²) in [5.41, 5.74) is 6.69. The first-order valence-electron chi connectivity index (χ1n) is 6.68. The van der Waals surface area contributed by atoms with E-state index in [0.717, 1.165) is 5.56 Å². The lowest BCUT2D eigenvalue weighted by Gasteiger charge is -2.09. The summed E-state index contributed by atoms with van der Waals surface area (Å²) in [6.07, 6.45) is 3.30. The number of pyridine rings is 1. The van der Waals surface area contributed by atoms with Gasteiger partial charge in [-0.3, -0.25) is 14.3 Å². The van der Waals surface area contributed by atoms with Gasteiger partial charge in [-0.15, -0.1) is 10.2 Å². The molecule has 2 heterocycles. The van der Waals surface area contributed by atoms with E-state index < -0.39 is 5.91 Å². The number of hydrogen-bond donors (Lipinski definition) is 1. The summed E-state index contributed by atoms with van der Waals surface area (Å²) >= 11 is 1.18. The molecule has 23 heavy (non-hydrogen) atoms. The van der Waals surface area contributed by atoms with Crippen LogP contribution in [0.1, 0.15) is 0 Å². The summed E-state index contributed by atoms with van der Waals surface area (Å²) in [5, 5.41) is 8.80. The zero-order valence-electron chi connectivity index (χ0n) is 11.9. The molecule has 1 aromatic carbocycles. The van der Waals surface area contributed by atoms with E-state index in [0.29, 0.717) is 16.7 Å². The van der Waals surface area contributed by atoms with E-state index in [1.807, 2.05) is 0 Å². The molecule has 0 spiro atoms. The van der Waals surface area contributed by atoms with E-state index in [1.54, 1.807) is 41.2 Å². The van der Waals surface area contributed by atoms with E-state index in [1.165, 1.54) is 23.9 Å². The number of carbonyl (C=O) groups is 1. The number of hydrogen-bond acceptors (Lipinski definition) is 5. The first-order chi connectivity index (χ1) is 11.1. The minimum Gasteiger partial charge on any atom is -0.369 e. The molecule has 0 aliphatic rings. The van der Waals surface area contributed by atoms with Crippen molar-refractivity contribution in [3.8, 4) is 17.1 Å². The number of amides is 1. The van der Waals surface area contributed by atoms with Gasteiger partial charge in [0.15, 0.2) is 11.0 Å². The minimum absolute atomic E-state index is 0.0790. The van der Waals surface area contributed by atoms with Gasteiger partial charge in [0.1, 0.15) is 5.82 Å². The lowest BCUT2D eigenvalue weighted by Crippen LogP contribution is -2.13. The summed E-state index contributed by atoms with van der Waals surface area (Å²) in [6.45, 7) is 0. The molecule has 0 saturated heterocycles. The Kier molecular flexibility index (Phi) is 4.33. The van der Waals surface area contributed by atoms with E-state index >= 15 is 0 Å². The van der Waals surface area contributed by atoms with Gasteiger partial charge in [-0.2, -0.15) is 0 Å². The lowest BCUT2D eigenvalue weighted by atomic mass is 10.2. The maximum Gasteiger partial charge on any atom is 0.227 e. The fraction of sp³-hybridized carbons (Fsp3) is 0.0667. The average molecular weight is 329 g/mol. The monoisotopic (exact) mass is 329 g/mol. The first kappa shape index (κ1) is 15.2. The Morgan fingerprint density at radius 2 is 1.83 bits per heavy atom. The maximum absolute atomic E-state index is 13.2. The van der Waals surface area contributed by atoms with Crippen molar-refractivity contribution < 1.29 is 9.18 Å². The van der Waals surface area contributed by atoms with Crippen molar-refractivity contribution in [2.45, 2.75) is 5.16 Å². The topological polar surface area (TPSA) is 86.7 Å². The van der Waals surface area contributed by atoms with Gasteiger partial charge in [-0.05, 0) is 36.4 Å². The quantitative estimate of drug-likeness (QED) is 0.724. The third-order valence-electron chi connectivity index (χ3n) is 3.00. The predicted molar refractivity (Wildman–Crippen MR) is 84.5 cm³/mol. The molecule has 0 bridgehead atoms. The van der Waals surface area contributed by atoms with Gasteiger partial charge in [0, 0.05) is 23.6 Å². The molecule has 8 heteroatoms. The lowest BCUT2D eigenvalue weighted by molar-refractivity contribution is -0.115. The fourth-order valence-corrected chi connectivity index (χ4v) is 2.70. The molecule has 0 fully saturated rings. The Bertz CT molecular complexity index is 820. The minimum atomic E-state index is -0.450. The molecule has 0 aliphatic carbocycles. The SMILES string of the molecule is NC(=O)CSc1nnc(-c2ccncc2)n1-c1ccc(F)cc1. The summed E-state index contributed by atoms with van der Waals surface area (Å²) in [6, 6.07) is 9.55. The number of aromatic nitrogens is 4. The molecule has 2 aromatic heterocycles. The van der Waals surface area contributed by atoms with Crippen LogP contribution < -0.4 is 5.73 Å². The molecule has 3 rings (SSSR count). The number of benzene rings is 1. The maximum atomic E-state index is 13.2. The number of carbonyl (C=O) groups excluding carboxylic acids is 1. The smallest absolute Gasteiger partial charge is 0.227 e. The van der Waals surface area contributed by atoms with Gasteiger partial charge in [0.25, 0.3) is 0 Å². The zero-order chi connectivity index (χ0) is 16.2. The molecule has 0 saturated carbocycles. The van der Waals surface area contributed by atoms with Crippen LogP contribution in [0.3, 0.4) is 0 Å². The van der Waals surface area contributed by atoms with E-state index in [9.17, 15) is 9.18 Å². The van der Waals surface area contributed by atoms with Crippen LogP contribution in [0, 0.1) is 5.82 Å². The molecule has 116 valence electrons. The molecule has 1 amide bonds. The second-order valence-corrected chi connectivity index (χ2v) is 5.55. The van der Waals surface area contributed by atoms with Crippen molar-refractivity contribution in [2.24, 2.45) is 5.73 Å². The standard InChI is InChI=1S/C15H12FN5OS/c16-11-1-3-12(4-2-11)21-14(10-5-7-18-8-6-10)19-20-15(21)23-9-13(17)22/h1-8H,9H2,(H2,17,22). The van der Waals surface area contributed by atoms with Crippen LogP contribution >= 0.6 is 11.8 Å². The average Bonchev–Trinajstić information content (AvgIpc) is 2.98. The Balaban J connectivity index is 2.10. The van der Waals surface area contributed by atoms with Gasteiger partial charge in [0.2, 0.25) is 5.91 Å². The van der Waals surface area contributed by atoms with Crippen LogP contribution in [0.2, 0.25) is 0 Å². The van der Waals surface area contributed by atoms with Gasteiger partial charge in [0.05, 0.1) is 5.75 Å². The van der Waals surface area contributed by atoms with Crippen LogP contribution in [0.4, 0.5) is 4.39 Å². The molecule has 0 radical (unpaired) electrons. The predicted octanol–water partition coefficient (Wildman–Crippen LogP) is 2.05. The van der Waals surface area contributed by atoms with Crippen LogP contribution in [0.15, 0.2) is 53.9 Å². The van der Waals surface area contributed by atoms with Crippen molar-refractivity contribution in [1.82, 2.24) is 19.7 Å². The highest BCUT2D eigenvalue weighted by Crippen LogP contribution is 2.27. The summed E-state index contributed by atoms with van der Waals surface area (Å²) in [7, 11) is 0. The third-order valence-corrected chi connectivity index (χ3v) is 3.95. The van der Waals surface area contributed by atoms with Crippen molar-refractivity contribution in [3.63, 3.8) is 0 Å². The van der Waals surface area contributed by atoms with Crippen molar-refractivity contribution in [1.29, 1.82) is 0 Å². The molecule has 0 atom stereocenters. The Hall–Kier alpha value is -2.74. The fourth-order valence-electron chi connectivity index (χ4n) is 2.01. The second kappa shape index (κ2) is 6.57.